The van der Waals surface area contributed by atoms with Crippen molar-refractivity contribution < 1.29 is 9.13 Å². The summed E-state index contributed by atoms with van der Waals surface area (Å²) in [6, 6.07) is 4.53. The summed E-state index contributed by atoms with van der Waals surface area (Å²) in [6.07, 6.45) is 0. The van der Waals surface area contributed by atoms with E-state index in [1.54, 1.807) is 22.9 Å². The molecule has 0 radical (unpaired) electrons. The monoisotopic (exact) mass is 278 g/mol. The summed E-state index contributed by atoms with van der Waals surface area (Å²) >= 11 is 0. The molecule has 0 bridgehead atoms. The number of halogens is 1. The van der Waals surface area contributed by atoms with Gasteiger partial charge in [0.15, 0.2) is 11.6 Å². The molecule has 0 spiro atoms. The number of nitrogens with one attached hydrogen (secondary N) is 1. The third kappa shape index (κ3) is 2.28. The molecule has 1 unspecified atom stereocenters. The van der Waals surface area contributed by atoms with Crippen LogP contribution >= 0.6 is 0 Å². The van der Waals surface area contributed by atoms with E-state index < -0.39 is 11.9 Å². The van der Waals surface area contributed by atoms with E-state index in [9.17, 15) is 4.39 Å². The molecule has 0 aliphatic rings. The van der Waals surface area contributed by atoms with Crippen molar-refractivity contribution in [3.8, 4) is 5.75 Å². The van der Waals surface area contributed by atoms with Gasteiger partial charge in [0.2, 0.25) is 0 Å². The molecule has 0 aliphatic carbocycles. The molecule has 108 valence electrons. The Kier molecular flexibility index (Phi) is 4.06. The summed E-state index contributed by atoms with van der Waals surface area (Å²) in [7, 11) is 3.29. The van der Waals surface area contributed by atoms with Gasteiger partial charge in [0.1, 0.15) is 0 Å². The van der Waals surface area contributed by atoms with E-state index in [4.69, 9.17) is 10.6 Å². The predicted molar refractivity (Wildman–Crippen MR) is 74.8 cm³/mol. The number of hydrogen-bond acceptors (Lipinski definition) is 4. The van der Waals surface area contributed by atoms with Crippen LogP contribution in [0.3, 0.4) is 0 Å². The Morgan fingerprint density at radius 1 is 1.40 bits per heavy atom. The van der Waals surface area contributed by atoms with Crippen LogP contribution in [0, 0.1) is 19.7 Å². The molecule has 3 N–H and O–H groups in total. The number of nitrogens with two attached hydrogens (primary N) is 1. The first-order valence-corrected chi connectivity index (χ1v) is 6.29. The summed E-state index contributed by atoms with van der Waals surface area (Å²) in [5.41, 5.74) is 5.74. The van der Waals surface area contributed by atoms with E-state index in [1.807, 2.05) is 20.9 Å². The molecular formula is C14H19FN4O. The maximum atomic E-state index is 14.4. The SMILES string of the molecule is COc1cccc(C(NN)c2c(C)nn(C)c2C)c1F. The lowest BCUT2D eigenvalue weighted by atomic mass is 9.97. The maximum Gasteiger partial charge on any atom is 0.170 e. The van der Waals surface area contributed by atoms with Crippen LogP contribution in [0.4, 0.5) is 4.39 Å². The number of aryl methyl sites for hydroxylation is 2. The van der Waals surface area contributed by atoms with Gasteiger partial charge in [-0.2, -0.15) is 5.10 Å². The van der Waals surface area contributed by atoms with Gasteiger partial charge in [0.25, 0.3) is 0 Å². The first kappa shape index (κ1) is 14.5. The fourth-order valence-corrected chi connectivity index (χ4v) is 2.44. The van der Waals surface area contributed by atoms with Gasteiger partial charge in [0.05, 0.1) is 18.8 Å². The molecule has 0 aliphatic heterocycles. The molecule has 0 fully saturated rings. The topological polar surface area (TPSA) is 65.1 Å². The largest absolute Gasteiger partial charge is 0.494 e. The Morgan fingerprint density at radius 2 is 2.10 bits per heavy atom. The maximum absolute atomic E-state index is 14.4. The molecule has 6 heteroatoms. The molecule has 2 rings (SSSR count). The molecule has 0 saturated carbocycles. The van der Waals surface area contributed by atoms with E-state index in [1.165, 1.54) is 7.11 Å². The second-order valence-electron chi connectivity index (χ2n) is 4.67. The summed E-state index contributed by atoms with van der Waals surface area (Å²) in [5.74, 6) is 5.43. The second-order valence-corrected chi connectivity index (χ2v) is 4.67. The number of nitrogens with zero attached hydrogens (tertiary/aromatic N) is 2. The van der Waals surface area contributed by atoms with Crippen LogP contribution < -0.4 is 16.0 Å². The number of hydrazine groups is 1. The van der Waals surface area contributed by atoms with Crippen molar-refractivity contribution in [1.29, 1.82) is 0 Å². The van der Waals surface area contributed by atoms with Crippen molar-refractivity contribution in [2.75, 3.05) is 7.11 Å². The van der Waals surface area contributed by atoms with Gasteiger partial charge in [-0.3, -0.25) is 10.5 Å². The first-order valence-electron chi connectivity index (χ1n) is 6.29. The van der Waals surface area contributed by atoms with Gasteiger partial charge < -0.3 is 4.74 Å². The van der Waals surface area contributed by atoms with Crippen molar-refractivity contribution >= 4 is 0 Å². The average molecular weight is 278 g/mol. The molecule has 20 heavy (non-hydrogen) atoms. The molecular weight excluding hydrogens is 259 g/mol. The van der Waals surface area contributed by atoms with Crippen LogP contribution in [-0.2, 0) is 7.05 Å². The van der Waals surface area contributed by atoms with Gasteiger partial charge in [0, 0.05) is 23.9 Å². The van der Waals surface area contributed by atoms with Crippen molar-refractivity contribution in [3.05, 3.63) is 46.5 Å². The number of methoxy groups -OCH3 is 1. The van der Waals surface area contributed by atoms with Crippen molar-refractivity contribution in [1.82, 2.24) is 15.2 Å². The zero-order valence-electron chi connectivity index (χ0n) is 12.1. The molecule has 1 aromatic carbocycles. The van der Waals surface area contributed by atoms with Crippen LogP contribution in [0.25, 0.3) is 0 Å². The fraction of sp³-hybridized carbons (Fsp3) is 0.357. The number of aromatic nitrogens is 2. The molecule has 1 heterocycles. The highest BCUT2D eigenvalue weighted by Crippen LogP contribution is 2.31. The van der Waals surface area contributed by atoms with E-state index >= 15 is 0 Å². The Bertz CT molecular complexity index is 624. The molecule has 1 atom stereocenters. The van der Waals surface area contributed by atoms with Gasteiger partial charge >= 0.3 is 0 Å². The standard InChI is InChI=1S/C14H19FN4O/c1-8-12(9(2)19(3)18-8)14(17-16)10-6-5-7-11(20-4)13(10)15/h5-7,14,17H,16H2,1-4H3. The van der Waals surface area contributed by atoms with E-state index in [0.29, 0.717) is 5.56 Å². The minimum absolute atomic E-state index is 0.196. The smallest absolute Gasteiger partial charge is 0.170 e. The lowest BCUT2D eigenvalue weighted by Crippen LogP contribution is -2.30. The van der Waals surface area contributed by atoms with Crippen molar-refractivity contribution in [2.24, 2.45) is 12.9 Å². The molecule has 5 nitrogen and oxygen atoms in total. The quantitative estimate of drug-likeness (QED) is 0.660. The molecule has 0 saturated heterocycles. The van der Waals surface area contributed by atoms with Gasteiger partial charge in [-0.25, -0.2) is 9.82 Å². The van der Waals surface area contributed by atoms with E-state index in [0.717, 1.165) is 17.0 Å². The van der Waals surface area contributed by atoms with E-state index in [2.05, 4.69) is 10.5 Å². The Labute approximate surface area is 117 Å². The van der Waals surface area contributed by atoms with Gasteiger partial charge in [-0.15, -0.1) is 0 Å². The van der Waals surface area contributed by atoms with Crippen LogP contribution in [0.5, 0.6) is 5.75 Å². The van der Waals surface area contributed by atoms with Gasteiger partial charge in [-0.05, 0) is 19.9 Å². The normalized spacial score (nSPS) is 12.5. The predicted octanol–water partition coefficient (Wildman–Crippen LogP) is 1.74. The highest BCUT2D eigenvalue weighted by atomic mass is 19.1. The zero-order chi connectivity index (χ0) is 14.9. The fourth-order valence-electron chi connectivity index (χ4n) is 2.44. The summed E-state index contributed by atoms with van der Waals surface area (Å²) < 4.78 is 21.2. The number of hydrogen-bond donors (Lipinski definition) is 2. The number of benzene rings is 1. The highest BCUT2D eigenvalue weighted by molar-refractivity contribution is 5.41. The number of ether oxygens (including phenoxy) is 1. The summed E-state index contributed by atoms with van der Waals surface area (Å²) in [5, 5.41) is 4.34. The third-order valence-electron chi connectivity index (χ3n) is 3.54. The summed E-state index contributed by atoms with van der Waals surface area (Å²) in [6.45, 7) is 3.81. The third-order valence-corrected chi connectivity index (χ3v) is 3.54. The van der Waals surface area contributed by atoms with Crippen LogP contribution in [0.2, 0.25) is 0 Å². The van der Waals surface area contributed by atoms with Crippen molar-refractivity contribution in [2.45, 2.75) is 19.9 Å². The minimum Gasteiger partial charge on any atom is -0.494 e. The first-order chi connectivity index (χ1) is 9.51. The van der Waals surface area contributed by atoms with Crippen LogP contribution in [0.15, 0.2) is 18.2 Å². The average Bonchev–Trinajstić information content (AvgIpc) is 2.68. The number of rotatable bonds is 4. The molecule has 1 aromatic heterocycles. The van der Waals surface area contributed by atoms with Crippen molar-refractivity contribution in [3.63, 3.8) is 0 Å². The molecule has 0 amide bonds. The van der Waals surface area contributed by atoms with Crippen LogP contribution in [0.1, 0.15) is 28.6 Å². The van der Waals surface area contributed by atoms with Crippen LogP contribution in [-0.4, -0.2) is 16.9 Å². The lowest BCUT2D eigenvalue weighted by Gasteiger charge is -2.19. The zero-order valence-corrected chi connectivity index (χ0v) is 12.1. The summed E-state index contributed by atoms with van der Waals surface area (Å²) in [4.78, 5) is 0. The highest BCUT2D eigenvalue weighted by Gasteiger charge is 2.24. The minimum atomic E-state index is -0.473. The second kappa shape index (κ2) is 5.60. The van der Waals surface area contributed by atoms with E-state index in [-0.39, 0.29) is 5.75 Å². The Morgan fingerprint density at radius 3 is 2.60 bits per heavy atom. The Hall–Kier alpha value is -1.92. The molecule has 2 aromatic rings. The Balaban J connectivity index is 2.58. The van der Waals surface area contributed by atoms with Gasteiger partial charge in [-0.1, -0.05) is 12.1 Å². The lowest BCUT2D eigenvalue weighted by molar-refractivity contribution is 0.381.